The summed E-state index contributed by atoms with van der Waals surface area (Å²) in [6.45, 7) is 2.33. The van der Waals surface area contributed by atoms with Crippen LogP contribution in [0.2, 0.25) is 0 Å². The predicted octanol–water partition coefficient (Wildman–Crippen LogP) is 5.59. The fourth-order valence-corrected chi connectivity index (χ4v) is 6.78. The van der Waals surface area contributed by atoms with Crippen molar-refractivity contribution in [3.05, 3.63) is 119 Å². The molecule has 5 aromatic rings. The molecule has 4 atom stereocenters. The maximum absolute atomic E-state index is 12.1. The Morgan fingerprint density at radius 2 is 1.62 bits per heavy atom. The fourth-order valence-electron chi connectivity index (χ4n) is 5.73. The lowest BCUT2D eigenvalue weighted by Crippen LogP contribution is -2.38. The number of carbonyl (C=O) groups is 2. The number of aliphatic hydroxyl groups is 1. The molecule has 4 unspecified atom stereocenters. The number of aromatic hydroxyl groups is 1. The molecular formula is C37H37N5O7S. The molecule has 0 radical (unpaired) electrons. The molecule has 4 aromatic carbocycles. The van der Waals surface area contributed by atoms with Gasteiger partial charge in [0, 0.05) is 30.2 Å². The Hall–Kier alpha value is -5.08. The maximum Gasteiger partial charge on any atom is 0.303 e. The average molecular weight is 696 g/mol. The van der Waals surface area contributed by atoms with Crippen LogP contribution in [0.15, 0.2) is 102 Å². The minimum Gasteiger partial charge on any atom is -0.508 e. The number of nitrogens with zero attached hydrogens (tertiary/aromatic N) is 4. The lowest BCUT2D eigenvalue weighted by Gasteiger charge is -2.41. The maximum atomic E-state index is 12.1. The number of carbonyl (C=O) groups excluding carboxylic acids is 1. The second-order valence-corrected chi connectivity index (χ2v) is 13.0. The number of rotatable bonds is 13. The number of phenolic OH excluding ortho intramolecular Hbond substituents is 1. The first-order valence-corrected chi connectivity index (χ1v) is 17.1. The smallest absolute Gasteiger partial charge is 0.303 e. The Balaban J connectivity index is 1.22. The number of aliphatic hydroxyl groups excluding tert-OH is 1. The summed E-state index contributed by atoms with van der Waals surface area (Å²) >= 11 is 1.47. The van der Waals surface area contributed by atoms with Crippen molar-refractivity contribution in [2.75, 3.05) is 5.75 Å². The molecule has 1 aliphatic heterocycles. The zero-order chi connectivity index (χ0) is 35.0. The number of nitrogens with one attached hydrogen (secondary N) is 1. The van der Waals surface area contributed by atoms with Crippen molar-refractivity contribution in [1.29, 1.82) is 0 Å². The molecular weight excluding hydrogens is 659 g/mol. The third-order valence-corrected chi connectivity index (χ3v) is 9.52. The predicted molar refractivity (Wildman–Crippen MR) is 185 cm³/mol. The van der Waals surface area contributed by atoms with E-state index in [0.29, 0.717) is 10.9 Å². The molecule has 6 rings (SSSR count). The number of aromatic nitrogens is 4. The number of phenols is 1. The molecule has 0 aliphatic carbocycles. The van der Waals surface area contributed by atoms with E-state index in [4.69, 9.17) is 14.6 Å². The van der Waals surface area contributed by atoms with Gasteiger partial charge in [-0.2, -0.15) is 4.68 Å². The minimum atomic E-state index is -1.01. The number of tetrazole rings is 1. The van der Waals surface area contributed by atoms with Crippen molar-refractivity contribution < 1.29 is 34.4 Å². The van der Waals surface area contributed by atoms with Crippen LogP contribution in [0.5, 0.6) is 5.75 Å². The fraction of sp³-hybridized carbons (Fsp3) is 0.270. The van der Waals surface area contributed by atoms with Crippen LogP contribution >= 0.6 is 11.8 Å². The number of benzene rings is 4. The molecule has 12 nitrogen and oxygen atoms in total. The van der Waals surface area contributed by atoms with Crippen LogP contribution in [0, 0.1) is 5.92 Å². The zero-order valence-corrected chi connectivity index (χ0v) is 28.1. The molecule has 2 heterocycles. The molecule has 1 saturated heterocycles. The summed E-state index contributed by atoms with van der Waals surface area (Å²) in [5.41, 5.74) is 6.11. The Morgan fingerprint density at radius 1 is 0.880 bits per heavy atom. The van der Waals surface area contributed by atoms with Gasteiger partial charge >= 0.3 is 5.97 Å². The second-order valence-electron chi connectivity index (χ2n) is 12.0. The number of ether oxygens (including phenoxy) is 2. The van der Waals surface area contributed by atoms with E-state index in [2.05, 4.69) is 27.8 Å². The summed E-state index contributed by atoms with van der Waals surface area (Å²) in [5.74, 6) is -0.691. The molecule has 1 aliphatic rings. The molecule has 50 heavy (non-hydrogen) atoms. The number of amides is 1. The van der Waals surface area contributed by atoms with Crippen LogP contribution in [0.25, 0.3) is 16.8 Å². The molecule has 258 valence electrons. The van der Waals surface area contributed by atoms with E-state index in [-0.39, 0.29) is 55.8 Å². The quantitative estimate of drug-likeness (QED) is 0.113. The summed E-state index contributed by atoms with van der Waals surface area (Å²) in [6.07, 6.45) is -1.54. The second kappa shape index (κ2) is 16.1. The molecule has 0 bridgehead atoms. The Morgan fingerprint density at radius 3 is 2.36 bits per heavy atom. The zero-order valence-electron chi connectivity index (χ0n) is 27.3. The van der Waals surface area contributed by atoms with Crippen molar-refractivity contribution in [1.82, 2.24) is 25.5 Å². The molecule has 0 spiro atoms. The Kier molecular flexibility index (Phi) is 11.2. The highest BCUT2D eigenvalue weighted by Crippen LogP contribution is 2.43. The molecule has 1 aromatic heterocycles. The number of carboxylic acid groups (broad SMARTS) is 1. The summed E-state index contributed by atoms with van der Waals surface area (Å²) in [6, 6.07) is 30.2. The van der Waals surface area contributed by atoms with Gasteiger partial charge in [0.15, 0.2) is 6.29 Å². The topological polar surface area (TPSA) is 169 Å². The first-order valence-electron chi connectivity index (χ1n) is 16.2. The number of hydrogen-bond acceptors (Lipinski definition) is 10. The third kappa shape index (κ3) is 8.55. The highest BCUT2D eigenvalue weighted by atomic mass is 32.2. The monoisotopic (exact) mass is 695 g/mol. The largest absolute Gasteiger partial charge is 0.508 e. The lowest BCUT2D eigenvalue weighted by molar-refractivity contribution is -0.268. The first kappa shape index (κ1) is 34.8. The van der Waals surface area contributed by atoms with E-state index in [9.17, 15) is 19.8 Å². The molecule has 1 amide bonds. The van der Waals surface area contributed by atoms with Gasteiger partial charge in [0.1, 0.15) is 5.75 Å². The van der Waals surface area contributed by atoms with Crippen molar-refractivity contribution in [2.45, 2.75) is 56.6 Å². The highest BCUT2D eigenvalue weighted by molar-refractivity contribution is 7.99. The van der Waals surface area contributed by atoms with E-state index in [1.165, 1.54) is 11.8 Å². The van der Waals surface area contributed by atoms with Gasteiger partial charge in [-0.15, -0.1) is 5.10 Å². The first-order chi connectivity index (χ1) is 24.3. The SMILES string of the molecule is CC1C(CSc2nnnn2-c2ccc(O)cc2)OC(c2cccc(-c3cccc(CNC(=O)CCC(=O)O)c3)c2)OC1c1ccc(CO)cc1. The van der Waals surface area contributed by atoms with Crippen LogP contribution in [-0.4, -0.2) is 59.3 Å². The molecule has 1 fully saturated rings. The van der Waals surface area contributed by atoms with Crippen molar-refractivity contribution in [3.63, 3.8) is 0 Å². The number of carboxylic acids is 1. The normalized spacial score (nSPS) is 18.8. The van der Waals surface area contributed by atoms with Gasteiger partial charge in [-0.05, 0) is 74.6 Å². The summed E-state index contributed by atoms with van der Waals surface area (Å²) in [7, 11) is 0. The van der Waals surface area contributed by atoms with Crippen LogP contribution in [-0.2, 0) is 32.2 Å². The number of aliphatic carboxylic acids is 1. The average Bonchev–Trinajstić information content (AvgIpc) is 3.62. The number of hydrogen-bond donors (Lipinski definition) is 4. The minimum absolute atomic E-state index is 0.0484. The van der Waals surface area contributed by atoms with Crippen molar-refractivity contribution >= 4 is 23.6 Å². The van der Waals surface area contributed by atoms with E-state index in [1.807, 2.05) is 72.8 Å². The van der Waals surface area contributed by atoms with Crippen molar-refractivity contribution in [2.24, 2.45) is 5.92 Å². The van der Waals surface area contributed by atoms with E-state index in [1.54, 1.807) is 28.9 Å². The van der Waals surface area contributed by atoms with Gasteiger partial charge in [0.2, 0.25) is 11.1 Å². The molecule has 0 saturated carbocycles. The summed E-state index contributed by atoms with van der Waals surface area (Å²) in [5, 5.41) is 43.8. The molecule has 4 N–H and O–H groups in total. The van der Waals surface area contributed by atoms with E-state index in [0.717, 1.165) is 39.1 Å². The Bertz CT molecular complexity index is 1920. The van der Waals surface area contributed by atoms with Gasteiger partial charge in [-0.25, -0.2) is 0 Å². The highest BCUT2D eigenvalue weighted by Gasteiger charge is 2.38. The van der Waals surface area contributed by atoms with Gasteiger partial charge in [0.25, 0.3) is 0 Å². The summed E-state index contributed by atoms with van der Waals surface area (Å²) < 4.78 is 15.0. The Labute approximate surface area is 293 Å². The lowest BCUT2D eigenvalue weighted by atomic mass is 9.91. The van der Waals surface area contributed by atoms with Crippen LogP contribution in [0.4, 0.5) is 0 Å². The van der Waals surface area contributed by atoms with Crippen LogP contribution in [0.3, 0.4) is 0 Å². The van der Waals surface area contributed by atoms with Gasteiger partial charge in [-0.1, -0.05) is 79.3 Å². The van der Waals surface area contributed by atoms with Crippen LogP contribution < -0.4 is 5.32 Å². The van der Waals surface area contributed by atoms with E-state index >= 15 is 0 Å². The number of thioether (sulfide) groups is 1. The van der Waals surface area contributed by atoms with Crippen molar-refractivity contribution in [3.8, 4) is 22.6 Å². The van der Waals surface area contributed by atoms with Gasteiger partial charge in [0.05, 0.1) is 30.9 Å². The van der Waals surface area contributed by atoms with Gasteiger partial charge in [-0.3, -0.25) is 9.59 Å². The third-order valence-electron chi connectivity index (χ3n) is 8.51. The standard InChI is InChI=1S/C37H37N5O7S/c1-23-32(22-50-37-39-40-41-42(37)30-12-14-31(44)15-13-30)48-36(49-35(23)26-10-8-24(21-43)9-11-26)29-7-3-6-28(19-29)27-5-2-4-25(18-27)20-38-33(45)16-17-34(46)47/h2-15,18-19,23,32,35-36,43-44H,16-17,20-22H2,1H3,(H,38,45)(H,46,47). The van der Waals surface area contributed by atoms with E-state index < -0.39 is 12.3 Å². The van der Waals surface area contributed by atoms with Gasteiger partial charge < -0.3 is 30.1 Å². The summed E-state index contributed by atoms with van der Waals surface area (Å²) in [4.78, 5) is 22.9. The van der Waals surface area contributed by atoms with Crippen LogP contribution in [0.1, 0.15) is 54.4 Å². The molecule has 13 heteroatoms.